The fourth-order valence-corrected chi connectivity index (χ4v) is 2.35. The summed E-state index contributed by atoms with van der Waals surface area (Å²) in [4.78, 5) is 18.3. The molecule has 1 aliphatic heterocycles. The minimum atomic E-state index is 0.127. The number of hydrogen-bond donors (Lipinski definition) is 1. The second-order valence-corrected chi connectivity index (χ2v) is 4.31. The number of carbonyl (C=O) groups is 1. The summed E-state index contributed by atoms with van der Waals surface area (Å²) in [6.07, 6.45) is 5.43. The minimum Gasteiger partial charge on any atom is -0.336 e. The predicted molar refractivity (Wildman–Crippen MR) is 66.8 cm³/mol. The molecule has 2 heterocycles. The van der Waals surface area contributed by atoms with E-state index in [1.807, 2.05) is 11.8 Å². The number of aromatic nitrogens is 1. The summed E-state index contributed by atoms with van der Waals surface area (Å²) in [5, 5.41) is 3.32. The van der Waals surface area contributed by atoms with E-state index in [-0.39, 0.29) is 5.91 Å². The zero-order chi connectivity index (χ0) is 12.1. The Labute approximate surface area is 102 Å². The van der Waals surface area contributed by atoms with Gasteiger partial charge in [0.2, 0.25) is 0 Å². The van der Waals surface area contributed by atoms with E-state index in [1.165, 1.54) is 0 Å². The molecule has 0 spiro atoms. The van der Waals surface area contributed by atoms with Gasteiger partial charge >= 0.3 is 0 Å². The van der Waals surface area contributed by atoms with Crippen molar-refractivity contribution in [3.8, 4) is 0 Å². The van der Waals surface area contributed by atoms with Gasteiger partial charge in [0.15, 0.2) is 0 Å². The third-order valence-corrected chi connectivity index (χ3v) is 3.28. The van der Waals surface area contributed by atoms with Crippen molar-refractivity contribution in [2.45, 2.75) is 25.8 Å². The minimum absolute atomic E-state index is 0.127. The monoisotopic (exact) mass is 233 g/mol. The van der Waals surface area contributed by atoms with Crippen LogP contribution in [0.5, 0.6) is 0 Å². The molecular weight excluding hydrogens is 214 g/mol. The molecule has 1 aromatic rings. The molecule has 1 fully saturated rings. The smallest absolute Gasteiger partial charge is 0.254 e. The van der Waals surface area contributed by atoms with Crippen molar-refractivity contribution in [3.63, 3.8) is 0 Å². The van der Waals surface area contributed by atoms with Crippen LogP contribution in [-0.4, -0.2) is 41.5 Å². The fourth-order valence-electron chi connectivity index (χ4n) is 2.35. The van der Waals surface area contributed by atoms with Crippen molar-refractivity contribution in [2.75, 3.05) is 19.6 Å². The first-order valence-corrected chi connectivity index (χ1v) is 6.24. The predicted octanol–water partition coefficient (Wildman–Crippen LogP) is 1.30. The molecule has 0 unspecified atom stereocenters. The van der Waals surface area contributed by atoms with Crippen LogP contribution in [0, 0.1) is 0 Å². The van der Waals surface area contributed by atoms with Gasteiger partial charge in [0.25, 0.3) is 5.91 Å². The molecule has 0 radical (unpaired) electrons. The summed E-state index contributed by atoms with van der Waals surface area (Å²) in [7, 11) is 0. The molecule has 1 amide bonds. The summed E-state index contributed by atoms with van der Waals surface area (Å²) in [6.45, 7) is 4.82. The number of amides is 1. The zero-order valence-corrected chi connectivity index (χ0v) is 10.2. The van der Waals surface area contributed by atoms with Gasteiger partial charge in [0.1, 0.15) is 0 Å². The number of pyridine rings is 1. The second kappa shape index (κ2) is 5.77. The normalized spacial score (nSPS) is 16.8. The first kappa shape index (κ1) is 12.0. The summed E-state index contributed by atoms with van der Waals surface area (Å²) in [5.41, 5.74) is 0.736. The van der Waals surface area contributed by atoms with Crippen LogP contribution in [0.1, 0.15) is 30.1 Å². The van der Waals surface area contributed by atoms with E-state index >= 15 is 0 Å². The summed E-state index contributed by atoms with van der Waals surface area (Å²) < 4.78 is 0. The van der Waals surface area contributed by atoms with Crippen LogP contribution in [0.25, 0.3) is 0 Å². The molecule has 4 heteroatoms. The zero-order valence-electron chi connectivity index (χ0n) is 10.2. The lowest BCUT2D eigenvalue weighted by molar-refractivity contribution is 0.0656. The number of piperidine rings is 1. The molecule has 1 aliphatic rings. The highest BCUT2D eigenvalue weighted by molar-refractivity contribution is 5.94. The van der Waals surface area contributed by atoms with Crippen molar-refractivity contribution < 1.29 is 4.79 Å². The highest BCUT2D eigenvalue weighted by Crippen LogP contribution is 2.15. The lowest BCUT2D eigenvalue weighted by Gasteiger charge is -2.34. The standard InChI is InChI=1S/C13H19N3O/c1-2-16(12-5-9-15-10-6-12)13(17)11-3-7-14-8-4-11/h3-4,7-8,12,15H,2,5-6,9-10H2,1H3. The van der Waals surface area contributed by atoms with Gasteiger partial charge < -0.3 is 10.2 Å². The highest BCUT2D eigenvalue weighted by atomic mass is 16.2. The molecule has 1 saturated heterocycles. The van der Waals surface area contributed by atoms with E-state index < -0.39 is 0 Å². The van der Waals surface area contributed by atoms with Gasteiger partial charge in [-0.15, -0.1) is 0 Å². The second-order valence-electron chi connectivity index (χ2n) is 4.31. The van der Waals surface area contributed by atoms with Gasteiger partial charge in [0.05, 0.1) is 0 Å². The summed E-state index contributed by atoms with van der Waals surface area (Å²) in [6, 6.07) is 3.94. The lowest BCUT2D eigenvalue weighted by Crippen LogP contribution is -2.46. The fraction of sp³-hybridized carbons (Fsp3) is 0.538. The van der Waals surface area contributed by atoms with E-state index in [1.54, 1.807) is 24.5 Å². The SMILES string of the molecule is CCN(C(=O)c1ccncc1)C1CCNCC1. The van der Waals surface area contributed by atoms with Crippen LogP contribution >= 0.6 is 0 Å². The van der Waals surface area contributed by atoms with Crippen molar-refractivity contribution in [3.05, 3.63) is 30.1 Å². The number of hydrogen-bond acceptors (Lipinski definition) is 3. The van der Waals surface area contributed by atoms with Gasteiger partial charge in [-0.05, 0) is 45.0 Å². The number of nitrogens with one attached hydrogen (secondary N) is 1. The first-order valence-electron chi connectivity index (χ1n) is 6.24. The quantitative estimate of drug-likeness (QED) is 0.855. The Morgan fingerprint density at radius 3 is 2.65 bits per heavy atom. The molecule has 4 nitrogen and oxygen atoms in total. The van der Waals surface area contributed by atoms with E-state index in [9.17, 15) is 4.79 Å². The van der Waals surface area contributed by atoms with E-state index in [0.717, 1.165) is 38.0 Å². The summed E-state index contributed by atoms with van der Waals surface area (Å²) >= 11 is 0. The van der Waals surface area contributed by atoms with Crippen molar-refractivity contribution >= 4 is 5.91 Å². The van der Waals surface area contributed by atoms with E-state index in [4.69, 9.17) is 0 Å². The molecule has 0 bridgehead atoms. The summed E-state index contributed by atoms with van der Waals surface area (Å²) in [5.74, 6) is 0.127. The maximum atomic E-state index is 12.4. The van der Waals surface area contributed by atoms with Crippen LogP contribution < -0.4 is 5.32 Å². The van der Waals surface area contributed by atoms with Gasteiger partial charge in [-0.1, -0.05) is 0 Å². The van der Waals surface area contributed by atoms with Crippen LogP contribution in [0.2, 0.25) is 0 Å². The van der Waals surface area contributed by atoms with Crippen LogP contribution in [0.4, 0.5) is 0 Å². The van der Waals surface area contributed by atoms with Gasteiger partial charge in [-0.25, -0.2) is 0 Å². The Morgan fingerprint density at radius 1 is 1.41 bits per heavy atom. The van der Waals surface area contributed by atoms with Gasteiger partial charge in [-0.2, -0.15) is 0 Å². The number of carbonyl (C=O) groups excluding carboxylic acids is 1. The van der Waals surface area contributed by atoms with Gasteiger partial charge in [-0.3, -0.25) is 9.78 Å². The molecule has 0 aliphatic carbocycles. The van der Waals surface area contributed by atoms with Crippen molar-refractivity contribution in [1.29, 1.82) is 0 Å². The number of nitrogens with zero attached hydrogens (tertiary/aromatic N) is 2. The van der Waals surface area contributed by atoms with Crippen LogP contribution in [0.15, 0.2) is 24.5 Å². The third kappa shape index (κ3) is 2.82. The molecule has 92 valence electrons. The largest absolute Gasteiger partial charge is 0.336 e. The molecule has 0 aromatic carbocycles. The maximum absolute atomic E-state index is 12.4. The number of rotatable bonds is 3. The Hall–Kier alpha value is -1.42. The highest BCUT2D eigenvalue weighted by Gasteiger charge is 2.24. The molecule has 0 saturated carbocycles. The molecule has 1 N–H and O–H groups in total. The Balaban J connectivity index is 2.09. The lowest BCUT2D eigenvalue weighted by atomic mass is 10.0. The topological polar surface area (TPSA) is 45.2 Å². The Bertz CT molecular complexity index is 360. The van der Waals surface area contributed by atoms with E-state index in [0.29, 0.717) is 6.04 Å². The molecule has 17 heavy (non-hydrogen) atoms. The molecule has 2 rings (SSSR count). The maximum Gasteiger partial charge on any atom is 0.254 e. The molecular formula is C13H19N3O. The Morgan fingerprint density at radius 2 is 2.06 bits per heavy atom. The van der Waals surface area contributed by atoms with Crippen LogP contribution in [0.3, 0.4) is 0 Å². The van der Waals surface area contributed by atoms with Crippen LogP contribution in [-0.2, 0) is 0 Å². The first-order chi connectivity index (χ1) is 8.33. The average molecular weight is 233 g/mol. The molecule has 1 aromatic heterocycles. The van der Waals surface area contributed by atoms with Gasteiger partial charge in [0, 0.05) is 30.5 Å². The van der Waals surface area contributed by atoms with E-state index in [2.05, 4.69) is 10.3 Å². The van der Waals surface area contributed by atoms with Crippen molar-refractivity contribution in [1.82, 2.24) is 15.2 Å². The average Bonchev–Trinajstić information content (AvgIpc) is 2.42. The Kier molecular flexibility index (Phi) is 4.09. The molecule has 0 atom stereocenters. The third-order valence-electron chi connectivity index (χ3n) is 3.28. The van der Waals surface area contributed by atoms with Crippen molar-refractivity contribution in [2.24, 2.45) is 0 Å².